The van der Waals surface area contributed by atoms with Crippen molar-refractivity contribution < 1.29 is 32.2 Å². The van der Waals surface area contributed by atoms with Gasteiger partial charge in [-0.1, -0.05) is 0 Å². The Bertz CT molecular complexity index is 990. The van der Waals surface area contributed by atoms with E-state index < -0.39 is 17.8 Å². The van der Waals surface area contributed by atoms with E-state index in [9.17, 15) is 22.8 Å². The van der Waals surface area contributed by atoms with Crippen LogP contribution in [-0.2, 0) is 15.8 Å². The third-order valence-corrected chi connectivity index (χ3v) is 5.21. The molecule has 0 spiro atoms. The SMILES string of the molecule is COc1ccc(Oc2ccc(C(F)(F)F)cn2)cc1NC(=O)C1CCC(=O)N1C1CC1. The van der Waals surface area contributed by atoms with Crippen LogP contribution in [0.5, 0.6) is 17.4 Å². The highest BCUT2D eigenvalue weighted by molar-refractivity contribution is 6.00. The molecule has 2 heterocycles. The molecule has 10 heteroatoms. The number of hydrogen-bond donors (Lipinski definition) is 1. The van der Waals surface area contributed by atoms with Gasteiger partial charge in [0.15, 0.2) is 0 Å². The number of halogens is 3. The van der Waals surface area contributed by atoms with E-state index in [1.165, 1.54) is 13.2 Å². The van der Waals surface area contributed by atoms with Crippen LogP contribution < -0.4 is 14.8 Å². The Labute approximate surface area is 176 Å². The summed E-state index contributed by atoms with van der Waals surface area (Å²) in [4.78, 5) is 30.3. The van der Waals surface area contributed by atoms with Crippen LogP contribution in [0.4, 0.5) is 18.9 Å². The summed E-state index contributed by atoms with van der Waals surface area (Å²) in [7, 11) is 1.44. The summed E-state index contributed by atoms with van der Waals surface area (Å²) in [5.74, 6) is 0.269. The van der Waals surface area contributed by atoms with Crippen molar-refractivity contribution in [3.63, 3.8) is 0 Å². The van der Waals surface area contributed by atoms with E-state index in [-0.39, 0.29) is 29.5 Å². The van der Waals surface area contributed by atoms with Crippen molar-refractivity contribution in [3.8, 4) is 17.4 Å². The lowest BCUT2D eigenvalue weighted by atomic mass is 10.2. The molecular weight excluding hydrogens is 415 g/mol. The second-order valence-corrected chi connectivity index (χ2v) is 7.42. The number of carbonyl (C=O) groups excluding carboxylic acids is 2. The maximum Gasteiger partial charge on any atom is 0.417 e. The quantitative estimate of drug-likeness (QED) is 0.742. The second kappa shape index (κ2) is 8.09. The fourth-order valence-electron chi connectivity index (χ4n) is 3.56. The number of nitrogens with one attached hydrogen (secondary N) is 1. The van der Waals surface area contributed by atoms with Gasteiger partial charge in [0.05, 0.1) is 18.4 Å². The van der Waals surface area contributed by atoms with Crippen molar-refractivity contribution in [2.45, 2.75) is 43.9 Å². The number of likely N-dealkylation sites (tertiary alicyclic amines) is 1. The van der Waals surface area contributed by atoms with E-state index in [1.807, 2.05) is 0 Å². The second-order valence-electron chi connectivity index (χ2n) is 7.42. The molecule has 1 aromatic carbocycles. The fourth-order valence-corrected chi connectivity index (χ4v) is 3.56. The highest BCUT2D eigenvalue weighted by atomic mass is 19.4. The number of carbonyl (C=O) groups is 2. The average Bonchev–Trinajstić information content (AvgIpc) is 3.49. The maximum atomic E-state index is 12.9. The van der Waals surface area contributed by atoms with Gasteiger partial charge in [-0.3, -0.25) is 9.59 Å². The van der Waals surface area contributed by atoms with Gasteiger partial charge in [0.1, 0.15) is 17.5 Å². The molecule has 2 aliphatic rings. The van der Waals surface area contributed by atoms with Crippen molar-refractivity contribution in [1.29, 1.82) is 0 Å². The first-order chi connectivity index (χ1) is 14.8. The molecule has 1 saturated carbocycles. The number of rotatable bonds is 6. The van der Waals surface area contributed by atoms with Crippen molar-refractivity contribution in [3.05, 3.63) is 42.1 Å². The Morgan fingerprint density at radius 3 is 2.58 bits per heavy atom. The van der Waals surface area contributed by atoms with Crippen LogP contribution in [0, 0.1) is 0 Å². The van der Waals surface area contributed by atoms with Crippen molar-refractivity contribution >= 4 is 17.5 Å². The molecule has 0 radical (unpaired) electrons. The zero-order chi connectivity index (χ0) is 22.2. The molecule has 164 valence electrons. The van der Waals surface area contributed by atoms with E-state index in [2.05, 4.69) is 10.3 Å². The maximum absolute atomic E-state index is 12.9. The Kier molecular flexibility index (Phi) is 5.47. The molecule has 1 aliphatic heterocycles. The molecule has 0 bridgehead atoms. The van der Waals surface area contributed by atoms with Crippen molar-refractivity contribution in [2.75, 3.05) is 12.4 Å². The first kappa shape index (κ1) is 21.0. The first-order valence-corrected chi connectivity index (χ1v) is 9.77. The van der Waals surface area contributed by atoms with Crippen LogP contribution in [0.2, 0.25) is 0 Å². The van der Waals surface area contributed by atoms with Crippen molar-refractivity contribution in [2.24, 2.45) is 0 Å². The highest BCUT2D eigenvalue weighted by Crippen LogP contribution is 2.36. The standard InChI is InChI=1S/C21H20F3N3O4/c1-30-17-7-5-14(31-18-8-2-12(11-25-18)21(22,23)24)10-15(17)26-20(29)16-6-9-19(28)27(16)13-3-4-13/h2,5,7-8,10-11,13,16H,3-4,6,9H2,1H3,(H,26,29). The minimum Gasteiger partial charge on any atom is -0.495 e. The molecule has 31 heavy (non-hydrogen) atoms. The molecule has 4 rings (SSSR count). The minimum absolute atomic E-state index is 0.0138. The summed E-state index contributed by atoms with van der Waals surface area (Å²) < 4.78 is 48.8. The fraction of sp³-hybridized carbons (Fsp3) is 0.381. The number of nitrogens with zero attached hydrogens (tertiary/aromatic N) is 2. The molecule has 1 saturated heterocycles. The molecule has 2 amide bonds. The van der Waals surface area contributed by atoms with E-state index in [1.54, 1.807) is 17.0 Å². The van der Waals surface area contributed by atoms with Gasteiger partial charge >= 0.3 is 6.18 Å². The lowest BCUT2D eigenvalue weighted by Crippen LogP contribution is -2.42. The largest absolute Gasteiger partial charge is 0.495 e. The van der Waals surface area contributed by atoms with Gasteiger partial charge in [-0.05, 0) is 37.5 Å². The predicted molar refractivity (Wildman–Crippen MR) is 104 cm³/mol. The van der Waals surface area contributed by atoms with Gasteiger partial charge in [0, 0.05) is 30.8 Å². The van der Waals surface area contributed by atoms with Gasteiger partial charge in [-0.25, -0.2) is 4.98 Å². The third-order valence-electron chi connectivity index (χ3n) is 5.21. The Morgan fingerprint density at radius 1 is 1.19 bits per heavy atom. The number of alkyl halides is 3. The van der Waals surface area contributed by atoms with Crippen LogP contribution in [0.15, 0.2) is 36.5 Å². The van der Waals surface area contributed by atoms with Crippen LogP contribution in [0.25, 0.3) is 0 Å². The van der Waals surface area contributed by atoms with Gasteiger partial charge in [-0.2, -0.15) is 13.2 Å². The third kappa shape index (κ3) is 4.57. The van der Waals surface area contributed by atoms with Gasteiger partial charge in [0.25, 0.3) is 0 Å². The monoisotopic (exact) mass is 435 g/mol. The smallest absolute Gasteiger partial charge is 0.417 e. The van der Waals surface area contributed by atoms with E-state index in [0.29, 0.717) is 30.5 Å². The van der Waals surface area contributed by atoms with Crippen LogP contribution >= 0.6 is 0 Å². The number of benzene rings is 1. The summed E-state index contributed by atoms with van der Waals surface area (Å²) in [6.07, 6.45) is -1.20. The van der Waals surface area contributed by atoms with Crippen LogP contribution in [-0.4, -0.2) is 40.9 Å². The predicted octanol–water partition coefficient (Wildman–Crippen LogP) is 3.99. The van der Waals surface area contributed by atoms with E-state index >= 15 is 0 Å². The molecule has 2 aromatic rings. The molecule has 1 unspecified atom stereocenters. The summed E-state index contributed by atoms with van der Waals surface area (Å²) in [5.41, 5.74) is -0.555. The summed E-state index contributed by atoms with van der Waals surface area (Å²) in [6, 6.07) is 6.19. The van der Waals surface area contributed by atoms with Crippen molar-refractivity contribution in [1.82, 2.24) is 9.88 Å². The number of amides is 2. The Hall–Kier alpha value is -3.30. The Balaban J connectivity index is 1.50. The minimum atomic E-state index is -4.49. The zero-order valence-corrected chi connectivity index (χ0v) is 16.6. The van der Waals surface area contributed by atoms with Crippen LogP contribution in [0.3, 0.4) is 0 Å². The number of hydrogen-bond acceptors (Lipinski definition) is 5. The topological polar surface area (TPSA) is 80.8 Å². The van der Waals surface area contributed by atoms with Gasteiger partial charge in [0.2, 0.25) is 17.7 Å². The number of anilines is 1. The number of aromatic nitrogens is 1. The molecule has 7 nitrogen and oxygen atoms in total. The van der Waals surface area contributed by atoms with Crippen LogP contribution in [0.1, 0.15) is 31.2 Å². The number of ether oxygens (including phenoxy) is 2. The highest BCUT2D eigenvalue weighted by Gasteiger charge is 2.44. The zero-order valence-electron chi connectivity index (χ0n) is 16.6. The first-order valence-electron chi connectivity index (χ1n) is 9.77. The average molecular weight is 435 g/mol. The van der Waals surface area contributed by atoms with E-state index in [0.717, 1.165) is 25.0 Å². The normalized spacial score (nSPS) is 18.8. The lowest BCUT2D eigenvalue weighted by Gasteiger charge is -2.24. The lowest BCUT2D eigenvalue weighted by molar-refractivity contribution is -0.137. The summed E-state index contributed by atoms with van der Waals surface area (Å²) >= 11 is 0. The molecule has 1 aliphatic carbocycles. The number of methoxy groups -OCH3 is 1. The van der Waals surface area contributed by atoms with Gasteiger partial charge < -0.3 is 19.7 Å². The molecule has 2 fully saturated rings. The molecular formula is C21H20F3N3O4. The summed E-state index contributed by atoms with van der Waals surface area (Å²) in [6.45, 7) is 0. The van der Waals surface area contributed by atoms with Gasteiger partial charge in [-0.15, -0.1) is 0 Å². The summed E-state index contributed by atoms with van der Waals surface area (Å²) in [5, 5.41) is 2.78. The van der Waals surface area contributed by atoms with E-state index in [4.69, 9.17) is 9.47 Å². The molecule has 1 atom stereocenters. The Morgan fingerprint density at radius 2 is 1.97 bits per heavy atom. The molecule has 1 N–H and O–H groups in total. The molecule has 1 aromatic heterocycles. The number of pyridine rings is 1.